The molecule has 0 aromatic rings. The number of aliphatic hydroxyl groups excluding tert-OH is 1. The third-order valence-corrected chi connectivity index (χ3v) is 5.44. The van der Waals surface area contributed by atoms with Gasteiger partial charge in [-0.1, -0.05) is 13.8 Å². The Hall–Kier alpha value is -0.810. The van der Waals surface area contributed by atoms with Gasteiger partial charge in [-0.15, -0.1) is 0 Å². The van der Waals surface area contributed by atoms with E-state index in [-0.39, 0.29) is 30.0 Å². The summed E-state index contributed by atoms with van der Waals surface area (Å²) in [5.74, 6) is 0.721. The first-order valence-corrected chi connectivity index (χ1v) is 7.82. The summed E-state index contributed by atoms with van der Waals surface area (Å²) in [6.45, 7) is 6.84. The van der Waals surface area contributed by atoms with Gasteiger partial charge in [-0.3, -0.25) is 0 Å². The van der Waals surface area contributed by atoms with Crippen molar-refractivity contribution >= 4 is 6.03 Å². The van der Waals surface area contributed by atoms with Crippen LogP contribution in [0.3, 0.4) is 0 Å². The number of fused-ring (bicyclic) bond motifs is 1. The predicted molar refractivity (Wildman–Crippen MR) is 75.3 cm³/mol. The normalized spacial score (nSPS) is 39.0. The highest BCUT2D eigenvalue weighted by Crippen LogP contribution is 2.52. The lowest BCUT2D eigenvalue weighted by Gasteiger charge is -2.55. The van der Waals surface area contributed by atoms with E-state index in [9.17, 15) is 9.90 Å². The Morgan fingerprint density at radius 1 is 1.45 bits per heavy atom. The molecule has 2 saturated heterocycles. The van der Waals surface area contributed by atoms with Crippen molar-refractivity contribution in [2.24, 2.45) is 17.3 Å². The van der Waals surface area contributed by atoms with Crippen LogP contribution in [0.15, 0.2) is 0 Å². The molecule has 2 aliphatic heterocycles. The summed E-state index contributed by atoms with van der Waals surface area (Å²) >= 11 is 0. The highest BCUT2D eigenvalue weighted by molar-refractivity contribution is 5.75. The van der Waals surface area contributed by atoms with E-state index in [2.05, 4.69) is 19.2 Å². The van der Waals surface area contributed by atoms with Crippen LogP contribution in [0, 0.1) is 17.3 Å². The molecular formula is C15H26N2O3. The molecule has 114 valence electrons. The Balaban J connectivity index is 1.59. The summed E-state index contributed by atoms with van der Waals surface area (Å²) in [5, 5.41) is 12.5. The molecule has 1 saturated carbocycles. The molecule has 2 heterocycles. The second-order valence-electron chi connectivity index (χ2n) is 7.13. The largest absolute Gasteiger partial charge is 0.396 e. The number of piperidine rings is 1. The number of ether oxygens (including phenoxy) is 1. The van der Waals surface area contributed by atoms with Crippen LogP contribution >= 0.6 is 0 Å². The molecular weight excluding hydrogens is 256 g/mol. The average Bonchev–Trinajstić information content (AvgIpc) is 2.91. The number of likely N-dealkylation sites (tertiary alicyclic amines) is 1. The molecule has 4 atom stereocenters. The van der Waals surface area contributed by atoms with Crippen molar-refractivity contribution in [3.05, 3.63) is 0 Å². The maximum absolute atomic E-state index is 12.4. The summed E-state index contributed by atoms with van der Waals surface area (Å²) in [7, 11) is 0. The zero-order chi connectivity index (χ0) is 14.3. The van der Waals surface area contributed by atoms with Crippen LogP contribution < -0.4 is 5.32 Å². The minimum Gasteiger partial charge on any atom is -0.396 e. The molecule has 0 aromatic carbocycles. The van der Waals surface area contributed by atoms with Gasteiger partial charge in [0.1, 0.15) is 0 Å². The standard InChI is InChI=1S/C15H26N2O3/c1-15(2)12(11-5-7-20-13(11)15)16-14(19)17-6-3-4-10(8-17)9-18/h10-13,18H,3-9H2,1-2H3,(H,16,19). The maximum atomic E-state index is 12.4. The van der Waals surface area contributed by atoms with Crippen LogP contribution in [0.25, 0.3) is 0 Å². The molecule has 3 aliphatic rings. The number of carbonyl (C=O) groups excluding carboxylic acids is 1. The molecule has 5 nitrogen and oxygen atoms in total. The van der Waals surface area contributed by atoms with E-state index in [1.54, 1.807) is 0 Å². The summed E-state index contributed by atoms with van der Waals surface area (Å²) in [6, 6.07) is 0.253. The minimum absolute atomic E-state index is 0.0307. The molecule has 3 fully saturated rings. The Labute approximate surface area is 120 Å². The van der Waals surface area contributed by atoms with Crippen LogP contribution in [0.2, 0.25) is 0 Å². The lowest BCUT2D eigenvalue weighted by Crippen LogP contribution is -2.68. The molecule has 2 N–H and O–H groups in total. The van der Waals surface area contributed by atoms with Gasteiger partial charge >= 0.3 is 6.03 Å². The van der Waals surface area contributed by atoms with E-state index in [4.69, 9.17) is 4.74 Å². The first-order valence-electron chi connectivity index (χ1n) is 7.82. The highest BCUT2D eigenvalue weighted by Gasteiger charge is 2.60. The van der Waals surface area contributed by atoms with Crippen LogP contribution in [-0.4, -0.2) is 54.5 Å². The monoisotopic (exact) mass is 282 g/mol. The third kappa shape index (κ3) is 2.21. The van der Waals surface area contributed by atoms with E-state index < -0.39 is 0 Å². The summed E-state index contributed by atoms with van der Waals surface area (Å²) < 4.78 is 5.76. The number of hydrogen-bond acceptors (Lipinski definition) is 3. The number of hydrogen-bond donors (Lipinski definition) is 2. The smallest absolute Gasteiger partial charge is 0.317 e. The third-order valence-electron chi connectivity index (χ3n) is 5.44. The van der Waals surface area contributed by atoms with Gasteiger partial charge in [0.05, 0.1) is 6.10 Å². The second-order valence-corrected chi connectivity index (χ2v) is 7.13. The van der Waals surface area contributed by atoms with Crippen molar-refractivity contribution in [3.8, 4) is 0 Å². The van der Waals surface area contributed by atoms with Crippen LogP contribution in [0.5, 0.6) is 0 Å². The first-order chi connectivity index (χ1) is 9.54. The van der Waals surface area contributed by atoms with Gasteiger partial charge < -0.3 is 20.1 Å². The Morgan fingerprint density at radius 2 is 2.25 bits per heavy atom. The molecule has 1 aliphatic carbocycles. The fraction of sp³-hybridized carbons (Fsp3) is 0.933. The molecule has 0 spiro atoms. The first kappa shape index (κ1) is 14.1. The van der Waals surface area contributed by atoms with Gasteiger partial charge in [0.25, 0.3) is 0 Å². The number of amides is 2. The van der Waals surface area contributed by atoms with Crippen LogP contribution in [-0.2, 0) is 4.74 Å². The molecule has 2 amide bonds. The van der Waals surface area contributed by atoms with E-state index >= 15 is 0 Å². The fourth-order valence-electron chi connectivity index (χ4n) is 4.24. The topological polar surface area (TPSA) is 61.8 Å². The van der Waals surface area contributed by atoms with Crippen molar-refractivity contribution in [2.75, 3.05) is 26.3 Å². The van der Waals surface area contributed by atoms with Gasteiger partial charge in [-0.2, -0.15) is 0 Å². The molecule has 3 rings (SSSR count). The number of urea groups is 1. The number of nitrogens with zero attached hydrogens (tertiary/aromatic N) is 1. The molecule has 4 unspecified atom stereocenters. The quantitative estimate of drug-likeness (QED) is 0.800. The summed E-state index contributed by atoms with van der Waals surface area (Å²) in [4.78, 5) is 14.3. The van der Waals surface area contributed by atoms with Gasteiger partial charge in [-0.25, -0.2) is 4.79 Å². The fourth-order valence-corrected chi connectivity index (χ4v) is 4.24. The van der Waals surface area contributed by atoms with E-state index in [0.717, 1.165) is 32.4 Å². The van der Waals surface area contributed by atoms with Gasteiger partial charge in [0, 0.05) is 43.7 Å². The van der Waals surface area contributed by atoms with Crippen molar-refractivity contribution in [1.29, 1.82) is 0 Å². The predicted octanol–water partition coefficient (Wildman–Crippen LogP) is 1.21. The Bertz CT molecular complexity index is 385. The van der Waals surface area contributed by atoms with Crippen LogP contribution in [0.4, 0.5) is 4.79 Å². The number of nitrogens with one attached hydrogen (secondary N) is 1. The van der Waals surface area contributed by atoms with Gasteiger partial charge in [-0.05, 0) is 25.2 Å². The Morgan fingerprint density at radius 3 is 3.00 bits per heavy atom. The lowest BCUT2D eigenvalue weighted by atomic mass is 9.57. The molecule has 0 aromatic heterocycles. The lowest BCUT2D eigenvalue weighted by molar-refractivity contribution is -0.109. The number of aliphatic hydroxyl groups is 1. The zero-order valence-electron chi connectivity index (χ0n) is 12.5. The van der Waals surface area contributed by atoms with Gasteiger partial charge in [0.15, 0.2) is 0 Å². The Kier molecular flexibility index (Phi) is 3.67. The van der Waals surface area contributed by atoms with Crippen molar-refractivity contribution < 1.29 is 14.6 Å². The summed E-state index contributed by atoms with van der Waals surface area (Å²) in [6.07, 6.45) is 3.37. The molecule has 0 bridgehead atoms. The number of rotatable bonds is 2. The molecule has 5 heteroatoms. The molecule has 0 radical (unpaired) electrons. The minimum atomic E-state index is 0.0307. The zero-order valence-corrected chi connectivity index (χ0v) is 12.5. The average molecular weight is 282 g/mol. The highest BCUT2D eigenvalue weighted by atomic mass is 16.5. The van der Waals surface area contributed by atoms with E-state index in [1.807, 2.05) is 4.90 Å². The van der Waals surface area contributed by atoms with Crippen LogP contribution in [0.1, 0.15) is 33.1 Å². The van der Waals surface area contributed by atoms with Crippen molar-refractivity contribution in [3.63, 3.8) is 0 Å². The van der Waals surface area contributed by atoms with Crippen molar-refractivity contribution in [1.82, 2.24) is 10.2 Å². The maximum Gasteiger partial charge on any atom is 0.317 e. The van der Waals surface area contributed by atoms with E-state index in [0.29, 0.717) is 18.6 Å². The van der Waals surface area contributed by atoms with Crippen molar-refractivity contribution in [2.45, 2.75) is 45.3 Å². The number of carbonyl (C=O) groups is 1. The SMILES string of the molecule is CC1(C)C(NC(=O)N2CCCC(CO)C2)C2CCOC21. The van der Waals surface area contributed by atoms with E-state index in [1.165, 1.54) is 0 Å². The second kappa shape index (κ2) is 5.19. The molecule has 20 heavy (non-hydrogen) atoms. The summed E-state index contributed by atoms with van der Waals surface area (Å²) in [5.41, 5.74) is 0.0307. The van der Waals surface area contributed by atoms with Gasteiger partial charge in [0.2, 0.25) is 0 Å².